The van der Waals surface area contributed by atoms with Gasteiger partial charge < -0.3 is 0 Å². The van der Waals surface area contributed by atoms with Crippen LogP contribution in [-0.4, -0.2) is 24.2 Å². The highest BCUT2D eigenvalue weighted by Crippen LogP contribution is 1.95. The Hall–Kier alpha value is -1.72. The molecular formula is C9H16N4O2. The highest BCUT2D eigenvalue weighted by atomic mass is 16.2. The number of hydrogen-bond donors (Lipinski definition) is 2. The van der Waals surface area contributed by atoms with E-state index in [1.165, 1.54) is 12.4 Å². The third-order valence-electron chi connectivity index (χ3n) is 1.44. The molecule has 0 fully saturated rings. The summed E-state index contributed by atoms with van der Waals surface area (Å²) in [7, 11) is 0. The highest BCUT2D eigenvalue weighted by Gasteiger charge is 2.03. The monoisotopic (exact) mass is 212 g/mol. The lowest BCUT2D eigenvalue weighted by Crippen LogP contribution is -2.20. The molecule has 0 aromatic carbocycles. The van der Waals surface area contributed by atoms with Crippen LogP contribution in [0.3, 0.4) is 0 Å². The lowest BCUT2D eigenvalue weighted by Gasteiger charge is -1.99. The smallest absolute Gasteiger partial charge is 0.240 e. The molecule has 0 aromatic rings. The normalized spacial score (nSPS) is 10.8. The van der Waals surface area contributed by atoms with Gasteiger partial charge in [0.1, 0.15) is 0 Å². The fourth-order valence-corrected chi connectivity index (χ4v) is 0.794. The van der Waals surface area contributed by atoms with Gasteiger partial charge in [0.25, 0.3) is 0 Å². The van der Waals surface area contributed by atoms with Crippen molar-refractivity contribution in [3.8, 4) is 0 Å². The summed E-state index contributed by atoms with van der Waals surface area (Å²) in [5.41, 5.74) is 4.64. The van der Waals surface area contributed by atoms with Crippen LogP contribution in [0.25, 0.3) is 0 Å². The molecule has 6 nitrogen and oxygen atoms in total. The van der Waals surface area contributed by atoms with E-state index in [-0.39, 0.29) is 24.7 Å². The molecular weight excluding hydrogens is 196 g/mol. The SMILES string of the molecule is C/C=N\NC(=O)CCCC(=O)N/N=C\C. The molecule has 0 saturated carbocycles. The average molecular weight is 212 g/mol. The fourth-order valence-electron chi connectivity index (χ4n) is 0.794. The molecule has 0 aliphatic heterocycles. The predicted molar refractivity (Wildman–Crippen MR) is 58.5 cm³/mol. The van der Waals surface area contributed by atoms with E-state index < -0.39 is 0 Å². The van der Waals surface area contributed by atoms with Crippen molar-refractivity contribution >= 4 is 24.2 Å². The van der Waals surface area contributed by atoms with E-state index >= 15 is 0 Å². The van der Waals surface area contributed by atoms with Crippen LogP contribution in [0.15, 0.2) is 10.2 Å². The van der Waals surface area contributed by atoms with E-state index in [0.29, 0.717) is 6.42 Å². The lowest BCUT2D eigenvalue weighted by molar-refractivity contribution is -0.122. The number of carbonyl (C=O) groups excluding carboxylic acids is 2. The van der Waals surface area contributed by atoms with E-state index in [0.717, 1.165) is 0 Å². The molecule has 0 rings (SSSR count). The first-order chi connectivity index (χ1) is 7.20. The van der Waals surface area contributed by atoms with Crippen LogP contribution in [0.2, 0.25) is 0 Å². The summed E-state index contributed by atoms with van der Waals surface area (Å²) >= 11 is 0. The van der Waals surface area contributed by atoms with Gasteiger partial charge in [-0.2, -0.15) is 10.2 Å². The van der Waals surface area contributed by atoms with Crippen LogP contribution in [0.4, 0.5) is 0 Å². The molecule has 0 saturated heterocycles. The minimum absolute atomic E-state index is 0.195. The molecule has 0 atom stereocenters. The van der Waals surface area contributed by atoms with Crippen molar-refractivity contribution in [2.24, 2.45) is 10.2 Å². The minimum Gasteiger partial charge on any atom is -0.273 e. The Morgan fingerprint density at radius 3 is 1.73 bits per heavy atom. The van der Waals surface area contributed by atoms with Crippen molar-refractivity contribution in [1.82, 2.24) is 10.9 Å². The summed E-state index contributed by atoms with van der Waals surface area (Å²) in [6, 6.07) is 0. The molecule has 2 N–H and O–H groups in total. The van der Waals surface area contributed by atoms with Gasteiger partial charge in [-0.15, -0.1) is 0 Å². The maximum absolute atomic E-state index is 11.0. The molecule has 0 aromatic heterocycles. The summed E-state index contributed by atoms with van der Waals surface area (Å²) in [5, 5.41) is 7.14. The molecule has 2 amide bonds. The van der Waals surface area contributed by atoms with Crippen molar-refractivity contribution in [2.45, 2.75) is 33.1 Å². The predicted octanol–water partition coefficient (Wildman–Crippen LogP) is 0.401. The standard InChI is InChI=1S/C9H16N4O2/c1-3-10-12-8(14)6-5-7-9(15)13-11-4-2/h3-4H,5-7H2,1-2H3,(H,12,14)(H,13,15)/b10-3-,11-4-. The van der Waals surface area contributed by atoms with Gasteiger partial charge in [-0.25, -0.2) is 10.9 Å². The average Bonchev–Trinajstić information content (AvgIpc) is 2.23. The molecule has 0 aliphatic rings. The minimum atomic E-state index is -0.195. The number of nitrogens with zero attached hydrogens (tertiary/aromatic N) is 2. The molecule has 0 heterocycles. The molecule has 6 heteroatoms. The lowest BCUT2D eigenvalue weighted by atomic mass is 10.2. The summed E-state index contributed by atoms with van der Waals surface area (Å²) in [6.07, 6.45) is 4.01. The molecule has 0 bridgehead atoms. The van der Waals surface area contributed by atoms with Crippen molar-refractivity contribution in [3.05, 3.63) is 0 Å². The van der Waals surface area contributed by atoms with Gasteiger partial charge in [-0.3, -0.25) is 9.59 Å². The maximum atomic E-state index is 11.0. The van der Waals surface area contributed by atoms with Gasteiger partial charge in [0, 0.05) is 25.3 Å². The second-order valence-electron chi connectivity index (χ2n) is 2.70. The van der Waals surface area contributed by atoms with Gasteiger partial charge in [0.2, 0.25) is 11.8 Å². The zero-order chi connectivity index (χ0) is 11.5. The molecule has 84 valence electrons. The van der Waals surface area contributed by atoms with Crippen LogP contribution in [0.5, 0.6) is 0 Å². The van der Waals surface area contributed by atoms with Crippen molar-refractivity contribution in [3.63, 3.8) is 0 Å². The van der Waals surface area contributed by atoms with E-state index in [1.54, 1.807) is 13.8 Å². The second-order valence-corrected chi connectivity index (χ2v) is 2.70. The Morgan fingerprint density at radius 1 is 1.00 bits per heavy atom. The first-order valence-corrected chi connectivity index (χ1v) is 4.73. The number of hydrazone groups is 2. The Balaban J connectivity index is 3.52. The first kappa shape index (κ1) is 13.3. The van der Waals surface area contributed by atoms with Gasteiger partial charge in [0.05, 0.1) is 0 Å². The second kappa shape index (κ2) is 8.86. The quantitative estimate of drug-likeness (QED) is 0.493. The zero-order valence-electron chi connectivity index (χ0n) is 8.99. The first-order valence-electron chi connectivity index (χ1n) is 4.73. The maximum Gasteiger partial charge on any atom is 0.240 e. The van der Waals surface area contributed by atoms with E-state index in [9.17, 15) is 9.59 Å². The van der Waals surface area contributed by atoms with Crippen LogP contribution in [-0.2, 0) is 9.59 Å². The Labute approximate surface area is 88.8 Å². The van der Waals surface area contributed by atoms with Crippen molar-refractivity contribution < 1.29 is 9.59 Å². The molecule has 0 radical (unpaired) electrons. The van der Waals surface area contributed by atoms with E-state index in [2.05, 4.69) is 21.1 Å². The van der Waals surface area contributed by atoms with Gasteiger partial charge >= 0.3 is 0 Å². The number of nitrogens with one attached hydrogen (secondary N) is 2. The summed E-state index contributed by atoms with van der Waals surface area (Å²) < 4.78 is 0. The number of rotatable bonds is 6. The van der Waals surface area contributed by atoms with Crippen LogP contribution in [0.1, 0.15) is 33.1 Å². The molecule has 0 spiro atoms. The molecule has 15 heavy (non-hydrogen) atoms. The van der Waals surface area contributed by atoms with Crippen LogP contribution in [0, 0.1) is 0 Å². The van der Waals surface area contributed by atoms with Crippen molar-refractivity contribution in [2.75, 3.05) is 0 Å². The fraction of sp³-hybridized carbons (Fsp3) is 0.556. The van der Waals surface area contributed by atoms with Crippen LogP contribution < -0.4 is 10.9 Å². The summed E-state index contributed by atoms with van der Waals surface area (Å²) in [4.78, 5) is 22.0. The van der Waals surface area contributed by atoms with Gasteiger partial charge in [-0.05, 0) is 20.3 Å². The van der Waals surface area contributed by atoms with Crippen molar-refractivity contribution in [1.29, 1.82) is 0 Å². The Morgan fingerprint density at radius 2 is 1.40 bits per heavy atom. The Bertz CT molecular complexity index is 235. The number of carbonyl (C=O) groups is 2. The topological polar surface area (TPSA) is 82.9 Å². The third kappa shape index (κ3) is 8.61. The Kier molecular flexibility index (Phi) is 7.84. The van der Waals surface area contributed by atoms with E-state index in [1.807, 2.05) is 0 Å². The zero-order valence-corrected chi connectivity index (χ0v) is 8.99. The largest absolute Gasteiger partial charge is 0.273 e. The molecule has 0 unspecified atom stereocenters. The number of amides is 2. The van der Waals surface area contributed by atoms with E-state index in [4.69, 9.17) is 0 Å². The molecule has 0 aliphatic carbocycles. The highest BCUT2D eigenvalue weighted by molar-refractivity contribution is 5.79. The summed E-state index contributed by atoms with van der Waals surface area (Å²) in [5.74, 6) is -0.389. The van der Waals surface area contributed by atoms with Gasteiger partial charge in [0.15, 0.2) is 0 Å². The van der Waals surface area contributed by atoms with Crippen LogP contribution >= 0.6 is 0 Å². The number of hydrogen-bond acceptors (Lipinski definition) is 4. The van der Waals surface area contributed by atoms with Gasteiger partial charge in [-0.1, -0.05) is 0 Å². The summed E-state index contributed by atoms with van der Waals surface area (Å²) in [6.45, 7) is 3.41. The third-order valence-corrected chi connectivity index (χ3v) is 1.44.